The molecule has 1 amide bonds. The number of thioether (sulfide) groups is 1. The molecule has 39 heavy (non-hydrogen) atoms. The average molecular weight is 584 g/mol. The van der Waals surface area contributed by atoms with Crippen molar-refractivity contribution in [2.75, 3.05) is 19.0 Å². The second kappa shape index (κ2) is 18.1. The highest BCUT2D eigenvalue weighted by molar-refractivity contribution is 8.00. The van der Waals surface area contributed by atoms with Gasteiger partial charge in [0.15, 0.2) is 5.16 Å². The highest BCUT2D eigenvalue weighted by Gasteiger charge is 2.20. The van der Waals surface area contributed by atoms with Gasteiger partial charge in [0, 0.05) is 35.0 Å². The third-order valence-corrected chi connectivity index (χ3v) is 6.65. The molecule has 0 radical (unpaired) electrons. The Morgan fingerprint density at radius 1 is 1.36 bits per heavy atom. The number of aliphatic hydroxyl groups is 1. The maximum Gasteiger partial charge on any atom is 0.251 e. The number of aliphatic hydroxyl groups excluding tert-OH is 1. The lowest BCUT2D eigenvalue weighted by Crippen LogP contribution is -2.26. The number of hydrogen-bond acceptors (Lipinski definition) is 5. The van der Waals surface area contributed by atoms with Gasteiger partial charge in [-0.25, -0.2) is 0 Å². The first-order valence-corrected chi connectivity index (χ1v) is 14.2. The molecule has 2 N–H and O–H groups in total. The van der Waals surface area contributed by atoms with E-state index >= 15 is 0 Å². The lowest BCUT2D eigenvalue weighted by Gasteiger charge is -2.15. The zero-order chi connectivity index (χ0) is 28.5. The van der Waals surface area contributed by atoms with Crippen LogP contribution in [0, 0.1) is 12.3 Å². The molecule has 1 atom stereocenters. The van der Waals surface area contributed by atoms with E-state index in [0.29, 0.717) is 21.6 Å². The molecule has 1 aromatic carbocycles. The molecule has 9 heteroatoms. The van der Waals surface area contributed by atoms with E-state index in [4.69, 9.17) is 34.7 Å². The summed E-state index contributed by atoms with van der Waals surface area (Å²) in [6, 6.07) is 7.25. The molecule has 0 aliphatic heterocycles. The van der Waals surface area contributed by atoms with Gasteiger partial charge >= 0.3 is 0 Å². The van der Waals surface area contributed by atoms with Crippen LogP contribution in [-0.2, 0) is 6.42 Å². The predicted octanol–water partition coefficient (Wildman–Crippen LogP) is 6.17. The molecule has 0 bridgehead atoms. The lowest BCUT2D eigenvalue weighted by molar-refractivity contribution is 0.0944. The number of benzene rings is 1. The van der Waals surface area contributed by atoms with Gasteiger partial charge in [-0.15, -0.1) is 34.0 Å². The van der Waals surface area contributed by atoms with Crippen molar-refractivity contribution in [1.82, 2.24) is 20.1 Å². The minimum absolute atomic E-state index is 0.121. The largest absolute Gasteiger partial charge is 0.395 e. The van der Waals surface area contributed by atoms with Crippen molar-refractivity contribution >= 4 is 40.9 Å². The molecule has 2 aromatic rings. The predicted molar refractivity (Wildman–Crippen MR) is 163 cm³/mol. The van der Waals surface area contributed by atoms with Crippen LogP contribution in [-0.4, -0.2) is 50.1 Å². The first kappa shape index (κ1) is 32.0. The van der Waals surface area contributed by atoms with E-state index in [0.717, 1.165) is 29.9 Å². The van der Waals surface area contributed by atoms with Gasteiger partial charge in [-0.3, -0.25) is 9.36 Å². The maximum absolute atomic E-state index is 12.4. The fourth-order valence-corrected chi connectivity index (χ4v) is 4.66. The van der Waals surface area contributed by atoms with Crippen molar-refractivity contribution in [3.63, 3.8) is 0 Å². The van der Waals surface area contributed by atoms with Crippen LogP contribution in [0.2, 0.25) is 0 Å². The molecule has 0 saturated heterocycles. The Bertz CT molecular complexity index is 1330. The second-order valence-corrected chi connectivity index (χ2v) is 9.81. The Balaban J connectivity index is 0.000000976. The summed E-state index contributed by atoms with van der Waals surface area (Å²) in [6.45, 7) is 4.09. The standard InChI is InChI=1S/C26H25ClN4O2S.C4H7Cl/c1-3-5-13-23(19-9-6-11-21(27)15-14-19)34-26-30-29-24(8-4-2)31(26)22-12-7-10-20(18-22)25(33)28-16-17-32;1-2-3-4-5/h1,5-7,10-15,18,23,32H,4,8,16-17H2,2H3,(H,28,33);2-3H,4H2,1H3/b13-5+;3-2-. The number of terminal acetylenes is 1. The Kier molecular flexibility index (Phi) is 14.9. The smallest absolute Gasteiger partial charge is 0.251 e. The van der Waals surface area contributed by atoms with Crippen LogP contribution in [0.15, 0.2) is 94.4 Å². The van der Waals surface area contributed by atoms with E-state index in [1.54, 1.807) is 30.4 Å². The molecular weight excluding hydrogens is 551 g/mol. The van der Waals surface area contributed by atoms with Gasteiger partial charge in [0.25, 0.3) is 5.91 Å². The van der Waals surface area contributed by atoms with Gasteiger partial charge in [0.2, 0.25) is 0 Å². The normalized spacial score (nSPS) is 13.3. The van der Waals surface area contributed by atoms with Gasteiger partial charge in [-0.1, -0.05) is 60.5 Å². The molecule has 204 valence electrons. The molecular formula is C30H32Cl2N4O2S. The summed E-state index contributed by atoms with van der Waals surface area (Å²) < 4.78 is 1.96. The van der Waals surface area contributed by atoms with Gasteiger partial charge in [-0.2, -0.15) is 0 Å². The van der Waals surface area contributed by atoms with Crippen molar-refractivity contribution in [2.45, 2.75) is 37.1 Å². The number of aromatic nitrogens is 3. The number of allylic oxidation sites excluding steroid dienone is 7. The van der Waals surface area contributed by atoms with Crippen molar-refractivity contribution in [2.24, 2.45) is 0 Å². The van der Waals surface area contributed by atoms with Crippen LogP contribution in [0.25, 0.3) is 5.69 Å². The van der Waals surface area contributed by atoms with E-state index in [-0.39, 0.29) is 24.3 Å². The SMILES string of the molecule is C#C/C=C/C(Sc1nnc(CCC)n1-c1cccc(C(=O)NCCO)c1)C1=C=CC=C(Cl)C=C1.C/C=C\CCl. The number of aryl methyl sites for hydroxylation is 1. The van der Waals surface area contributed by atoms with E-state index in [2.05, 4.69) is 34.1 Å². The van der Waals surface area contributed by atoms with Gasteiger partial charge in [0.1, 0.15) is 5.82 Å². The van der Waals surface area contributed by atoms with Gasteiger partial charge in [0.05, 0.1) is 17.5 Å². The monoisotopic (exact) mass is 582 g/mol. The molecule has 6 nitrogen and oxygen atoms in total. The van der Waals surface area contributed by atoms with E-state index in [1.807, 2.05) is 54.0 Å². The number of halogens is 2. The fraction of sp³-hybridized carbons (Fsp3) is 0.267. The van der Waals surface area contributed by atoms with E-state index in [9.17, 15) is 4.79 Å². The summed E-state index contributed by atoms with van der Waals surface area (Å²) in [7, 11) is 0. The van der Waals surface area contributed by atoms with E-state index in [1.165, 1.54) is 11.8 Å². The third kappa shape index (κ3) is 10.4. The minimum Gasteiger partial charge on any atom is -0.395 e. The first-order valence-electron chi connectivity index (χ1n) is 12.4. The Labute approximate surface area is 244 Å². The first-order chi connectivity index (χ1) is 19.0. The van der Waals surface area contributed by atoms with Crippen LogP contribution < -0.4 is 5.32 Å². The zero-order valence-corrected chi connectivity index (χ0v) is 24.3. The summed E-state index contributed by atoms with van der Waals surface area (Å²) in [5, 5.41) is 21.6. The van der Waals surface area contributed by atoms with Crippen LogP contribution in [0.5, 0.6) is 0 Å². The Hall–Kier alpha value is -3.24. The minimum atomic E-state index is -0.256. The quantitative estimate of drug-likeness (QED) is 0.109. The molecule has 3 rings (SSSR count). The molecule has 1 heterocycles. The topological polar surface area (TPSA) is 80.0 Å². The summed E-state index contributed by atoms with van der Waals surface area (Å²) >= 11 is 12.8. The number of amides is 1. The zero-order valence-electron chi connectivity index (χ0n) is 22.0. The van der Waals surface area contributed by atoms with Crippen LogP contribution in [0.3, 0.4) is 0 Å². The number of alkyl halides is 1. The van der Waals surface area contributed by atoms with Crippen LogP contribution in [0.1, 0.15) is 36.5 Å². The van der Waals surface area contributed by atoms with E-state index < -0.39 is 0 Å². The Morgan fingerprint density at radius 2 is 2.18 bits per heavy atom. The summed E-state index contributed by atoms with van der Waals surface area (Å²) in [4.78, 5) is 12.4. The van der Waals surface area contributed by atoms with Crippen molar-refractivity contribution in [1.29, 1.82) is 0 Å². The number of rotatable bonds is 11. The molecule has 0 spiro atoms. The Morgan fingerprint density at radius 3 is 2.85 bits per heavy atom. The highest BCUT2D eigenvalue weighted by Crippen LogP contribution is 2.32. The molecule has 0 saturated carbocycles. The number of nitrogens with zero attached hydrogens (tertiary/aromatic N) is 3. The van der Waals surface area contributed by atoms with Gasteiger partial charge in [-0.05, 0) is 61.9 Å². The molecule has 1 aliphatic carbocycles. The van der Waals surface area contributed by atoms with Crippen molar-refractivity contribution in [3.05, 3.63) is 101 Å². The molecule has 1 aromatic heterocycles. The maximum atomic E-state index is 12.4. The number of hydrogen-bond donors (Lipinski definition) is 2. The number of carbonyl (C=O) groups excluding carboxylic acids is 1. The van der Waals surface area contributed by atoms with Crippen LogP contribution in [0.4, 0.5) is 0 Å². The highest BCUT2D eigenvalue weighted by atomic mass is 35.5. The summed E-state index contributed by atoms with van der Waals surface area (Å²) in [5.41, 5.74) is 5.39. The number of nitrogens with one attached hydrogen (secondary N) is 1. The molecule has 1 aliphatic rings. The third-order valence-electron chi connectivity index (χ3n) is 5.08. The summed E-state index contributed by atoms with van der Waals surface area (Å²) in [5.74, 6) is 3.72. The second-order valence-electron chi connectivity index (χ2n) is 7.95. The van der Waals surface area contributed by atoms with Crippen molar-refractivity contribution < 1.29 is 9.90 Å². The average Bonchev–Trinajstić information content (AvgIpc) is 3.21. The summed E-state index contributed by atoms with van der Waals surface area (Å²) in [6.07, 6.45) is 21.7. The van der Waals surface area contributed by atoms with Gasteiger partial charge < -0.3 is 10.4 Å². The van der Waals surface area contributed by atoms with Crippen molar-refractivity contribution in [3.8, 4) is 18.0 Å². The number of carbonyl (C=O) groups is 1. The molecule has 1 unspecified atom stereocenters. The van der Waals surface area contributed by atoms with Crippen LogP contribution >= 0.6 is 35.0 Å². The molecule has 0 fully saturated rings. The lowest BCUT2D eigenvalue weighted by atomic mass is 10.1. The fourth-order valence-electron chi connectivity index (χ4n) is 3.30.